The Hall–Kier alpha value is -1.02. The molecule has 1 fully saturated rings. The molecule has 0 aromatic heterocycles. The predicted molar refractivity (Wildman–Crippen MR) is 89.8 cm³/mol. The zero-order valence-corrected chi connectivity index (χ0v) is 14.1. The van der Waals surface area contributed by atoms with Gasteiger partial charge in [0.1, 0.15) is 5.75 Å². The average Bonchev–Trinajstić information content (AvgIpc) is 2.94. The lowest BCUT2D eigenvalue weighted by molar-refractivity contribution is 0.188. The van der Waals surface area contributed by atoms with Crippen molar-refractivity contribution < 1.29 is 4.74 Å². The summed E-state index contributed by atoms with van der Waals surface area (Å²) in [5.74, 6) is 0.995. The first kappa shape index (κ1) is 16.4. The van der Waals surface area contributed by atoms with E-state index in [0.717, 1.165) is 12.3 Å². The normalized spacial score (nSPS) is 18.9. The average molecular weight is 289 g/mol. The van der Waals surface area contributed by atoms with Gasteiger partial charge >= 0.3 is 0 Å². The fourth-order valence-corrected chi connectivity index (χ4v) is 3.86. The third kappa shape index (κ3) is 3.79. The predicted octanol–water partition coefficient (Wildman–Crippen LogP) is 5.09. The monoisotopic (exact) mass is 289 g/mol. The van der Waals surface area contributed by atoms with E-state index in [9.17, 15) is 0 Å². The van der Waals surface area contributed by atoms with Gasteiger partial charge in [-0.25, -0.2) is 0 Å². The van der Waals surface area contributed by atoms with Crippen molar-refractivity contribution in [1.29, 1.82) is 0 Å². The number of nitrogens with one attached hydrogen (secondary N) is 1. The molecule has 0 spiro atoms. The zero-order chi connectivity index (χ0) is 15.3. The van der Waals surface area contributed by atoms with Crippen LogP contribution >= 0.6 is 0 Å². The molecule has 2 nitrogen and oxygen atoms in total. The van der Waals surface area contributed by atoms with E-state index in [-0.39, 0.29) is 6.10 Å². The van der Waals surface area contributed by atoms with Gasteiger partial charge in [-0.05, 0) is 62.8 Å². The summed E-state index contributed by atoms with van der Waals surface area (Å²) in [5, 5.41) is 3.76. The van der Waals surface area contributed by atoms with E-state index in [1.54, 1.807) is 0 Å². The lowest BCUT2D eigenvalue weighted by atomic mass is 9.73. The van der Waals surface area contributed by atoms with Crippen LogP contribution in [0.5, 0.6) is 5.75 Å². The summed E-state index contributed by atoms with van der Waals surface area (Å²) in [6, 6.07) is 9.15. The van der Waals surface area contributed by atoms with Gasteiger partial charge in [0.25, 0.3) is 0 Å². The first-order valence-corrected chi connectivity index (χ1v) is 8.61. The number of hydrogen-bond acceptors (Lipinski definition) is 2. The molecule has 1 N–H and O–H groups in total. The molecule has 0 heterocycles. The molecule has 1 aromatic carbocycles. The molecule has 1 aliphatic rings. The lowest BCUT2D eigenvalue weighted by Gasteiger charge is -2.38. The summed E-state index contributed by atoms with van der Waals surface area (Å²) in [7, 11) is 0. The van der Waals surface area contributed by atoms with Gasteiger partial charge in [-0.3, -0.25) is 0 Å². The number of rotatable bonds is 7. The second-order valence-electron chi connectivity index (χ2n) is 6.65. The van der Waals surface area contributed by atoms with Crippen molar-refractivity contribution >= 4 is 0 Å². The fraction of sp³-hybridized carbons (Fsp3) is 0.684. The topological polar surface area (TPSA) is 21.3 Å². The molecule has 1 saturated carbocycles. The molecule has 2 rings (SSSR count). The van der Waals surface area contributed by atoms with Crippen LogP contribution in [0.25, 0.3) is 0 Å². The van der Waals surface area contributed by atoms with Gasteiger partial charge in [0.2, 0.25) is 0 Å². The van der Waals surface area contributed by atoms with Crippen LogP contribution in [0.4, 0.5) is 0 Å². The molecule has 21 heavy (non-hydrogen) atoms. The molecule has 118 valence electrons. The molecular weight excluding hydrogens is 258 g/mol. The molecule has 1 atom stereocenters. The number of ether oxygens (including phenoxy) is 1. The minimum absolute atomic E-state index is 0.226. The Morgan fingerprint density at radius 3 is 2.48 bits per heavy atom. The molecule has 2 heteroatoms. The molecule has 0 amide bonds. The summed E-state index contributed by atoms with van der Waals surface area (Å²) >= 11 is 0. The van der Waals surface area contributed by atoms with E-state index < -0.39 is 0 Å². The standard InChI is InChI=1S/C19H31NO/c1-5-19(12-7-8-13-19)18(20-6-2)16-10-9-11-17(14-16)21-15(3)4/h9-11,14-15,18,20H,5-8,12-13H2,1-4H3. The highest BCUT2D eigenvalue weighted by atomic mass is 16.5. The van der Waals surface area contributed by atoms with Gasteiger partial charge in [-0.1, -0.05) is 38.8 Å². The van der Waals surface area contributed by atoms with Gasteiger partial charge < -0.3 is 10.1 Å². The third-order valence-corrected chi connectivity index (χ3v) is 4.89. The maximum atomic E-state index is 5.88. The van der Waals surface area contributed by atoms with Crippen molar-refractivity contribution in [2.75, 3.05) is 6.54 Å². The fourth-order valence-electron chi connectivity index (χ4n) is 3.86. The van der Waals surface area contributed by atoms with Crippen molar-refractivity contribution in [1.82, 2.24) is 5.32 Å². The molecule has 0 radical (unpaired) electrons. The quantitative estimate of drug-likeness (QED) is 0.754. The Labute approximate surface area is 130 Å². The minimum atomic E-state index is 0.226. The van der Waals surface area contributed by atoms with Gasteiger partial charge in [0.15, 0.2) is 0 Å². The molecule has 1 aromatic rings. The molecule has 0 aliphatic heterocycles. The summed E-state index contributed by atoms with van der Waals surface area (Å²) in [4.78, 5) is 0. The van der Waals surface area contributed by atoms with Gasteiger partial charge in [0.05, 0.1) is 6.10 Å². The van der Waals surface area contributed by atoms with Gasteiger partial charge in [-0.2, -0.15) is 0 Å². The van der Waals surface area contributed by atoms with Gasteiger partial charge in [0, 0.05) is 6.04 Å². The summed E-state index contributed by atoms with van der Waals surface area (Å²) in [6.45, 7) is 9.74. The molecule has 0 bridgehead atoms. The van der Waals surface area contributed by atoms with E-state index in [4.69, 9.17) is 4.74 Å². The Kier molecular flexibility index (Phi) is 5.69. The van der Waals surface area contributed by atoms with Crippen LogP contribution in [0.15, 0.2) is 24.3 Å². The van der Waals surface area contributed by atoms with E-state index in [0.29, 0.717) is 11.5 Å². The zero-order valence-electron chi connectivity index (χ0n) is 14.1. The lowest BCUT2D eigenvalue weighted by Crippen LogP contribution is -2.36. The summed E-state index contributed by atoms with van der Waals surface area (Å²) in [6.07, 6.45) is 6.91. The molecule has 0 saturated heterocycles. The Morgan fingerprint density at radius 2 is 1.90 bits per heavy atom. The van der Waals surface area contributed by atoms with E-state index >= 15 is 0 Å². The van der Waals surface area contributed by atoms with E-state index in [1.807, 2.05) is 0 Å². The third-order valence-electron chi connectivity index (χ3n) is 4.89. The van der Waals surface area contributed by atoms with Crippen LogP contribution < -0.4 is 10.1 Å². The Bertz CT molecular complexity index is 435. The van der Waals surface area contributed by atoms with Crippen molar-refractivity contribution in [2.45, 2.75) is 71.9 Å². The number of benzene rings is 1. The SMILES string of the molecule is CCNC(c1cccc(OC(C)C)c1)C1(CC)CCCC1. The number of hydrogen-bond donors (Lipinski definition) is 1. The van der Waals surface area contributed by atoms with Crippen molar-refractivity contribution in [3.05, 3.63) is 29.8 Å². The highest BCUT2D eigenvalue weighted by molar-refractivity contribution is 5.32. The van der Waals surface area contributed by atoms with Crippen LogP contribution in [-0.4, -0.2) is 12.6 Å². The second-order valence-corrected chi connectivity index (χ2v) is 6.65. The molecule has 1 unspecified atom stereocenters. The molecule has 1 aliphatic carbocycles. The summed E-state index contributed by atoms with van der Waals surface area (Å²) in [5.41, 5.74) is 1.81. The van der Waals surface area contributed by atoms with Crippen LogP contribution in [0.2, 0.25) is 0 Å². The minimum Gasteiger partial charge on any atom is -0.491 e. The first-order chi connectivity index (χ1) is 10.1. The van der Waals surface area contributed by atoms with Crippen LogP contribution in [0, 0.1) is 5.41 Å². The smallest absolute Gasteiger partial charge is 0.120 e. The van der Waals surface area contributed by atoms with Crippen molar-refractivity contribution in [3.63, 3.8) is 0 Å². The van der Waals surface area contributed by atoms with Crippen LogP contribution in [-0.2, 0) is 0 Å². The highest BCUT2D eigenvalue weighted by Crippen LogP contribution is 2.50. The van der Waals surface area contributed by atoms with Crippen LogP contribution in [0.3, 0.4) is 0 Å². The maximum Gasteiger partial charge on any atom is 0.120 e. The Balaban J connectivity index is 2.29. The van der Waals surface area contributed by atoms with Crippen LogP contribution in [0.1, 0.15) is 71.4 Å². The van der Waals surface area contributed by atoms with E-state index in [2.05, 4.69) is 57.3 Å². The van der Waals surface area contributed by atoms with Crippen molar-refractivity contribution in [2.24, 2.45) is 5.41 Å². The highest BCUT2D eigenvalue weighted by Gasteiger charge is 2.40. The second kappa shape index (κ2) is 7.31. The molecular formula is C19H31NO. The maximum absolute atomic E-state index is 5.88. The Morgan fingerprint density at radius 1 is 1.19 bits per heavy atom. The van der Waals surface area contributed by atoms with Gasteiger partial charge in [-0.15, -0.1) is 0 Å². The van der Waals surface area contributed by atoms with E-state index in [1.165, 1.54) is 37.7 Å². The van der Waals surface area contributed by atoms with Crippen molar-refractivity contribution in [3.8, 4) is 5.75 Å². The first-order valence-electron chi connectivity index (χ1n) is 8.61. The largest absolute Gasteiger partial charge is 0.491 e. The summed E-state index contributed by atoms with van der Waals surface area (Å²) < 4.78 is 5.88.